The standard InChI is InChI=1S/C23H33N3O3/c1-4-24-23(25-13-5-6-19-8-11-21(27)12-9-19)26-17-20-10-7-18(2)16-22(20)29-15-14-28-3/h7-12,16,27H,4-6,13-15,17H2,1-3H3,(H2,24,25,26). The summed E-state index contributed by atoms with van der Waals surface area (Å²) in [6.07, 6.45) is 1.92. The van der Waals surface area contributed by atoms with Gasteiger partial charge in [0.25, 0.3) is 0 Å². The van der Waals surface area contributed by atoms with Crippen molar-refractivity contribution < 1.29 is 14.6 Å². The number of hydrogen-bond acceptors (Lipinski definition) is 4. The van der Waals surface area contributed by atoms with Gasteiger partial charge in [0.15, 0.2) is 5.96 Å². The van der Waals surface area contributed by atoms with Gasteiger partial charge in [-0.2, -0.15) is 0 Å². The minimum Gasteiger partial charge on any atom is -0.508 e. The van der Waals surface area contributed by atoms with E-state index in [0.29, 0.717) is 25.5 Å². The van der Waals surface area contributed by atoms with Crippen LogP contribution in [0.2, 0.25) is 0 Å². The molecule has 3 N–H and O–H groups in total. The third-order valence-corrected chi connectivity index (χ3v) is 4.39. The highest BCUT2D eigenvalue weighted by Gasteiger charge is 2.05. The molecular formula is C23H33N3O3. The third-order valence-electron chi connectivity index (χ3n) is 4.39. The molecule has 0 saturated carbocycles. The second kappa shape index (κ2) is 12.7. The molecule has 0 fully saturated rings. The van der Waals surface area contributed by atoms with Crippen LogP contribution in [0.3, 0.4) is 0 Å². The number of aryl methyl sites for hydroxylation is 2. The molecule has 0 saturated heterocycles. The Balaban J connectivity index is 1.89. The quantitative estimate of drug-likeness (QED) is 0.307. The average molecular weight is 400 g/mol. The lowest BCUT2D eigenvalue weighted by Crippen LogP contribution is -2.37. The van der Waals surface area contributed by atoms with Crippen LogP contribution in [0.15, 0.2) is 47.5 Å². The molecule has 6 heteroatoms. The summed E-state index contributed by atoms with van der Waals surface area (Å²) in [5, 5.41) is 16.0. The number of aliphatic imine (C=N–C) groups is 1. The first kappa shape index (κ1) is 22.6. The predicted molar refractivity (Wildman–Crippen MR) is 118 cm³/mol. The summed E-state index contributed by atoms with van der Waals surface area (Å²) >= 11 is 0. The Labute approximate surface area is 174 Å². The average Bonchev–Trinajstić information content (AvgIpc) is 2.72. The fraction of sp³-hybridized carbons (Fsp3) is 0.435. The van der Waals surface area contributed by atoms with Gasteiger partial charge < -0.3 is 25.2 Å². The number of nitrogens with zero attached hydrogens (tertiary/aromatic N) is 1. The van der Waals surface area contributed by atoms with Gasteiger partial charge >= 0.3 is 0 Å². The van der Waals surface area contributed by atoms with Crippen LogP contribution in [-0.4, -0.2) is 44.5 Å². The number of benzene rings is 2. The van der Waals surface area contributed by atoms with E-state index in [-0.39, 0.29) is 0 Å². The fourth-order valence-electron chi connectivity index (χ4n) is 2.83. The van der Waals surface area contributed by atoms with Crippen molar-refractivity contribution in [2.45, 2.75) is 33.2 Å². The molecule has 158 valence electrons. The van der Waals surface area contributed by atoms with Gasteiger partial charge in [0.1, 0.15) is 18.1 Å². The van der Waals surface area contributed by atoms with E-state index in [0.717, 1.165) is 48.8 Å². The van der Waals surface area contributed by atoms with E-state index >= 15 is 0 Å². The minimum atomic E-state index is 0.301. The normalized spacial score (nSPS) is 11.3. The highest BCUT2D eigenvalue weighted by atomic mass is 16.5. The molecule has 6 nitrogen and oxygen atoms in total. The topological polar surface area (TPSA) is 75.1 Å². The van der Waals surface area contributed by atoms with Crippen LogP contribution in [0.1, 0.15) is 30.0 Å². The molecule has 0 spiro atoms. The van der Waals surface area contributed by atoms with Gasteiger partial charge in [0.05, 0.1) is 13.2 Å². The van der Waals surface area contributed by atoms with Crippen molar-refractivity contribution in [2.24, 2.45) is 4.99 Å². The predicted octanol–water partition coefficient (Wildman–Crippen LogP) is 3.41. The van der Waals surface area contributed by atoms with E-state index in [9.17, 15) is 5.11 Å². The summed E-state index contributed by atoms with van der Waals surface area (Å²) in [5.74, 6) is 1.95. The van der Waals surface area contributed by atoms with Crippen LogP contribution < -0.4 is 15.4 Å². The molecule has 2 aromatic rings. The van der Waals surface area contributed by atoms with Gasteiger partial charge in [0, 0.05) is 25.8 Å². The maximum absolute atomic E-state index is 9.36. The van der Waals surface area contributed by atoms with Crippen molar-refractivity contribution in [1.29, 1.82) is 0 Å². The molecule has 2 rings (SSSR count). The van der Waals surface area contributed by atoms with Gasteiger partial charge in [-0.3, -0.25) is 0 Å². The van der Waals surface area contributed by atoms with Gasteiger partial charge in [-0.15, -0.1) is 0 Å². The monoisotopic (exact) mass is 399 g/mol. The maximum atomic E-state index is 9.36. The second-order valence-corrected chi connectivity index (χ2v) is 6.84. The number of methoxy groups -OCH3 is 1. The molecule has 0 aliphatic rings. The van der Waals surface area contributed by atoms with E-state index in [1.807, 2.05) is 18.2 Å². The number of guanidine groups is 1. The number of aromatic hydroxyl groups is 1. The molecule has 2 aromatic carbocycles. The van der Waals surface area contributed by atoms with Crippen molar-refractivity contribution >= 4 is 5.96 Å². The summed E-state index contributed by atoms with van der Waals surface area (Å²) in [6.45, 7) is 7.34. The molecular weight excluding hydrogens is 366 g/mol. The number of ether oxygens (including phenoxy) is 2. The van der Waals surface area contributed by atoms with E-state index in [1.54, 1.807) is 19.2 Å². The van der Waals surface area contributed by atoms with Crippen LogP contribution in [0.5, 0.6) is 11.5 Å². The number of phenolic OH excluding ortho intramolecular Hbond substituents is 1. The van der Waals surface area contributed by atoms with Gasteiger partial charge in [-0.1, -0.05) is 24.3 Å². The largest absolute Gasteiger partial charge is 0.508 e. The summed E-state index contributed by atoms with van der Waals surface area (Å²) < 4.78 is 10.9. The molecule has 0 aliphatic carbocycles. The zero-order chi connectivity index (χ0) is 20.9. The highest BCUT2D eigenvalue weighted by Crippen LogP contribution is 2.21. The fourth-order valence-corrected chi connectivity index (χ4v) is 2.83. The lowest BCUT2D eigenvalue weighted by atomic mass is 10.1. The summed E-state index contributed by atoms with van der Waals surface area (Å²) in [6, 6.07) is 13.5. The van der Waals surface area contributed by atoms with Crippen LogP contribution in [0, 0.1) is 6.92 Å². The van der Waals surface area contributed by atoms with E-state index in [2.05, 4.69) is 36.6 Å². The number of rotatable bonds is 11. The van der Waals surface area contributed by atoms with E-state index in [1.165, 1.54) is 5.56 Å². The molecule has 0 amide bonds. The van der Waals surface area contributed by atoms with Crippen LogP contribution in [0.4, 0.5) is 0 Å². The molecule has 0 unspecified atom stereocenters. The Hall–Kier alpha value is -2.73. The highest BCUT2D eigenvalue weighted by molar-refractivity contribution is 5.79. The second-order valence-electron chi connectivity index (χ2n) is 6.84. The van der Waals surface area contributed by atoms with Gasteiger partial charge in [0.2, 0.25) is 0 Å². The Kier molecular flexibility index (Phi) is 9.86. The number of phenols is 1. The first-order valence-electron chi connectivity index (χ1n) is 10.1. The Morgan fingerprint density at radius 2 is 1.86 bits per heavy atom. The minimum absolute atomic E-state index is 0.301. The zero-order valence-electron chi connectivity index (χ0n) is 17.7. The molecule has 0 heterocycles. The van der Waals surface area contributed by atoms with Crippen LogP contribution in [0.25, 0.3) is 0 Å². The summed E-state index contributed by atoms with van der Waals surface area (Å²) in [5.41, 5.74) is 3.42. The van der Waals surface area contributed by atoms with Crippen molar-refractivity contribution in [3.05, 3.63) is 59.2 Å². The van der Waals surface area contributed by atoms with Gasteiger partial charge in [-0.25, -0.2) is 4.99 Å². The zero-order valence-corrected chi connectivity index (χ0v) is 17.7. The third kappa shape index (κ3) is 8.44. The molecule has 0 aromatic heterocycles. The SMILES string of the molecule is CCNC(=NCc1ccc(C)cc1OCCOC)NCCCc1ccc(O)cc1. The molecule has 29 heavy (non-hydrogen) atoms. The van der Waals surface area contributed by atoms with Crippen molar-refractivity contribution in [3.8, 4) is 11.5 Å². The summed E-state index contributed by atoms with van der Waals surface area (Å²) in [7, 11) is 1.67. The lowest BCUT2D eigenvalue weighted by Gasteiger charge is -2.13. The van der Waals surface area contributed by atoms with Crippen LogP contribution in [-0.2, 0) is 17.7 Å². The first-order valence-corrected chi connectivity index (χ1v) is 10.1. The van der Waals surface area contributed by atoms with Crippen molar-refractivity contribution in [2.75, 3.05) is 33.4 Å². The molecule has 0 radical (unpaired) electrons. The summed E-state index contributed by atoms with van der Waals surface area (Å²) in [4.78, 5) is 4.71. The molecule has 0 aliphatic heterocycles. The maximum Gasteiger partial charge on any atom is 0.191 e. The van der Waals surface area contributed by atoms with Crippen LogP contribution >= 0.6 is 0 Å². The number of nitrogens with one attached hydrogen (secondary N) is 2. The first-order chi connectivity index (χ1) is 14.1. The van der Waals surface area contributed by atoms with E-state index < -0.39 is 0 Å². The Morgan fingerprint density at radius 3 is 2.59 bits per heavy atom. The van der Waals surface area contributed by atoms with E-state index in [4.69, 9.17) is 14.5 Å². The lowest BCUT2D eigenvalue weighted by molar-refractivity contribution is 0.145. The molecule has 0 atom stereocenters. The number of hydrogen-bond donors (Lipinski definition) is 3. The Bertz CT molecular complexity index is 760. The Morgan fingerprint density at radius 1 is 1.07 bits per heavy atom. The smallest absolute Gasteiger partial charge is 0.191 e. The van der Waals surface area contributed by atoms with Gasteiger partial charge in [-0.05, 0) is 56.0 Å². The molecule has 0 bridgehead atoms. The van der Waals surface area contributed by atoms with Crippen molar-refractivity contribution in [1.82, 2.24) is 10.6 Å². The van der Waals surface area contributed by atoms with Crippen molar-refractivity contribution in [3.63, 3.8) is 0 Å².